The minimum Gasteiger partial charge on any atom is -0.399 e. The molecule has 2 aliphatic rings. The second-order valence-corrected chi connectivity index (χ2v) is 7.68. The van der Waals surface area contributed by atoms with Gasteiger partial charge in [0.2, 0.25) is 0 Å². The van der Waals surface area contributed by atoms with Crippen molar-refractivity contribution in [2.24, 2.45) is 0 Å². The number of amides is 1. The molecule has 1 saturated heterocycles. The molecule has 7 heteroatoms. The van der Waals surface area contributed by atoms with Crippen LogP contribution in [0.3, 0.4) is 0 Å². The fourth-order valence-corrected chi connectivity index (χ4v) is 4.23. The number of nitrogens with two attached hydrogens (primary N) is 1. The minimum absolute atomic E-state index is 0. The average molecular weight is 437 g/mol. The van der Waals surface area contributed by atoms with Crippen molar-refractivity contribution in [2.45, 2.75) is 51.0 Å². The highest BCUT2D eigenvalue weighted by Crippen LogP contribution is 2.31. The molecule has 0 saturated carbocycles. The van der Waals surface area contributed by atoms with Crippen molar-refractivity contribution in [1.82, 2.24) is 10.3 Å². The molecule has 158 valence electrons. The van der Waals surface area contributed by atoms with Gasteiger partial charge in [-0.2, -0.15) is 0 Å². The number of rotatable bonds is 3. The summed E-state index contributed by atoms with van der Waals surface area (Å²) in [6.07, 6.45) is 9.79. The van der Waals surface area contributed by atoms with Gasteiger partial charge >= 0.3 is 0 Å². The topological polar surface area (TPSA) is 71.2 Å². The normalized spacial score (nSPS) is 18.5. The van der Waals surface area contributed by atoms with Crippen LogP contribution in [0.25, 0.3) is 0 Å². The summed E-state index contributed by atoms with van der Waals surface area (Å²) in [7, 11) is 0. The summed E-state index contributed by atoms with van der Waals surface area (Å²) in [4.78, 5) is 19.6. The SMILES string of the molecule is Cl.Cl.Nc1ccc2c(c1)CCCC2NC(=O)c1ccc(N2CCCCCC2)nc1. The molecular weight excluding hydrogens is 407 g/mol. The molecule has 2 heterocycles. The predicted octanol–water partition coefficient (Wildman–Crippen LogP) is 4.70. The van der Waals surface area contributed by atoms with Crippen molar-refractivity contribution < 1.29 is 4.79 Å². The lowest BCUT2D eigenvalue weighted by Gasteiger charge is -2.27. The first-order valence-electron chi connectivity index (χ1n) is 10.1. The molecule has 1 aromatic heterocycles. The third-order valence-electron chi connectivity index (χ3n) is 5.73. The molecule has 0 radical (unpaired) electrons. The van der Waals surface area contributed by atoms with Gasteiger partial charge in [0.25, 0.3) is 5.91 Å². The minimum atomic E-state index is -0.0559. The highest BCUT2D eigenvalue weighted by atomic mass is 35.5. The maximum absolute atomic E-state index is 12.7. The van der Waals surface area contributed by atoms with E-state index >= 15 is 0 Å². The Hall–Kier alpha value is -1.98. The summed E-state index contributed by atoms with van der Waals surface area (Å²) in [6, 6.07) is 9.93. The van der Waals surface area contributed by atoms with Crippen molar-refractivity contribution in [2.75, 3.05) is 23.7 Å². The van der Waals surface area contributed by atoms with Crippen LogP contribution in [-0.2, 0) is 6.42 Å². The van der Waals surface area contributed by atoms with E-state index < -0.39 is 0 Å². The number of hydrogen-bond donors (Lipinski definition) is 2. The van der Waals surface area contributed by atoms with Gasteiger partial charge < -0.3 is 16.0 Å². The van der Waals surface area contributed by atoms with Crippen LogP contribution in [0.5, 0.6) is 0 Å². The Kier molecular flexibility index (Phi) is 8.60. The van der Waals surface area contributed by atoms with Gasteiger partial charge in [0.1, 0.15) is 5.82 Å². The number of nitrogens with one attached hydrogen (secondary N) is 1. The van der Waals surface area contributed by atoms with Crippen molar-refractivity contribution in [3.05, 3.63) is 53.2 Å². The monoisotopic (exact) mass is 436 g/mol. The Labute approximate surface area is 185 Å². The molecular formula is C22H30Cl2N4O. The van der Waals surface area contributed by atoms with Gasteiger partial charge in [-0.05, 0) is 67.5 Å². The zero-order valence-corrected chi connectivity index (χ0v) is 18.2. The van der Waals surface area contributed by atoms with Gasteiger partial charge in [-0.25, -0.2) is 4.98 Å². The lowest BCUT2D eigenvalue weighted by molar-refractivity contribution is 0.0932. The van der Waals surface area contributed by atoms with Gasteiger partial charge in [0, 0.05) is 25.0 Å². The summed E-state index contributed by atoms with van der Waals surface area (Å²) in [6.45, 7) is 2.11. The summed E-state index contributed by atoms with van der Waals surface area (Å²) >= 11 is 0. The number of anilines is 2. The number of benzene rings is 1. The van der Waals surface area contributed by atoms with Crippen molar-refractivity contribution in [1.29, 1.82) is 0 Å². The number of fused-ring (bicyclic) bond motifs is 1. The zero-order valence-electron chi connectivity index (χ0n) is 16.6. The lowest BCUT2D eigenvalue weighted by Crippen LogP contribution is -2.31. The maximum Gasteiger partial charge on any atom is 0.253 e. The van der Waals surface area contributed by atoms with Gasteiger partial charge in [0.15, 0.2) is 0 Å². The Morgan fingerprint density at radius 2 is 1.79 bits per heavy atom. The molecule has 1 atom stereocenters. The quantitative estimate of drug-likeness (QED) is 0.684. The molecule has 3 N–H and O–H groups in total. The van der Waals surface area contributed by atoms with Crippen LogP contribution in [-0.4, -0.2) is 24.0 Å². The Morgan fingerprint density at radius 1 is 1.03 bits per heavy atom. The predicted molar refractivity (Wildman–Crippen MR) is 123 cm³/mol. The Bertz CT molecular complexity index is 805. The number of carbonyl (C=O) groups excluding carboxylic acids is 1. The van der Waals surface area contributed by atoms with E-state index in [4.69, 9.17) is 5.73 Å². The Morgan fingerprint density at radius 3 is 2.48 bits per heavy atom. The first-order valence-corrected chi connectivity index (χ1v) is 10.1. The molecule has 5 nitrogen and oxygen atoms in total. The zero-order chi connectivity index (χ0) is 18.6. The van der Waals surface area contributed by atoms with Crippen LogP contribution in [0.2, 0.25) is 0 Å². The first kappa shape index (κ1) is 23.3. The largest absolute Gasteiger partial charge is 0.399 e. The number of pyridine rings is 1. The molecule has 29 heavy (non-hydrogen) atoms. The van der Waals surface area contributed by atoms with Gasteiger partial charge in [-0.3, -0.25) is 4.79 Å². The summed E-state index contributed by atoms with van der Waals surface area (Å²) in [5.41, 5.74) is 9.76. The van der Waals surface area contributed by atoms with E-state index in [-0.39, 0.29) is 36.8 Å². The molecule has 1 fully saturated rings. The van der Waals surface area contributed by atoms with E-state index in [0.717, 1.165) is 43.9 Å². The van der Waals surface area contributed by atoms with E-state index in [9.17, 15) is 4.79 Å². The number of nitrogens with zero attached hydrogens (tertiary/aromatic N) is 2. The van der Waals surface area contributed by atoms with Gasteiger partial charge in [-0.1, -0.05) is 18.9 Å². The van der Waals surface area contributed by atoms with E-state index in [2.05, 4.69) is 21.3 Å². The molecule has 1 unspecified atom stereocenters. The van der Waals surface area contributed by atoms with Crippen molar-refractivity contribution in [3.63, 3.8) is 0 Å². The van der Waals surface area contributed by atoms with Crippen molar-refractivity contribution in [3.8, 4) is 0 Å². The fraction of sp³-hybridized carbons (Fsp3) is 0.455. The van der Waals surface area contributed by atoms with Gasteiger partial charge in [0.05, 0.1) is 11.6 Å². The van der Waals surface area contributed by atoms with Crippen LogP contribution in [0, 0.1) is 0 Å². The number of aromatic nitrogens is 1. The Balaban J connectivity index is 0.00000150. The second kappa shape index (κ2) is 10.7. The summed E-state index contributed by atoms with van der Waals surface area (Å²) in [5, 5.41) is 3.19. The lowest BCUT2D eigenvalue weighted by atomic mass is 9.87. The molecule has 1 aliphatic heterocycles. The summed E-state index contributed by atoms with van der Waals surface area (Å²) in [5.74, 6) is 0.923. The molecule has 0 bridgehead atoms. The second-order valence-electron chi connectivity index (χ2n) is 7.68. The van der Waals surface area contributed by atoms with Crippen LogP contribution < -0.4 is 16.0 Å². The van der Waals surface area contributed by atoms with Crippen LogP contribution in [0.15, 0.2) is 36.5 Å². The molecule has 1 aliphatic carbocycles. The average Bonchev–Trinajstić information content (AvgIpc) is 2.97. The van der Waals surface area contributed by atoms with Gasteiger partial charge in [-0.15, -0.1) is 24.8 Å². The van der Waals surface area contributed by atoms with Crippen LogP contribution >= 0.6 is 24.8 Å². The van der Waals surface area contributed by atoms with E-state index in [1.165, 1.54) is 36.8 Å². The summed E-state index contributed by atoms with van der Waals surface area (Å²) < 4.78 is 0. The van der Waals surface area contributed by atoms with E-state index in [1.54, 1.807) is 6.20 Å². The number of carbonyl (C=O) groups is 1. The smallest absolute Gasteiger partial charge is 0.253 e. The molecule has 1 aromatic carbocycles. The van der Waals surface area contributed by atoms with Crippen molar-refractivity contribution >= 4 is 42.2 Å². The molecule has 1 amide bonds. The van der Waals surface area contributed by atoms with Crippen LogP contribution in [0.4, 0.5) is 11.5 Å². The highest BCUT2D eigenvalue weighted by molar-refractivity contribution is 5.94. The third-order valence-corrected chi connectivity index (χ3v) is 5.73. The number of halogens is 2. The fourth-order valence-electron chi connectivity index (χ4n) is 4.23. The maximum atomic E-state index is 12.7. The molecule has 0 spiro atoms. The highest BCUT2D eigenvalue weighted by Gasteiger charge is 2.22. The third kappa shape index (κ3) is 5.55. The number of aryl methyl sites for hydroxylation is 1. The van der Waals surface area contributed by atoms with Crippen LogP contribution in [0.1, 0.15) is 66.1 Å². The molecule has 4 rings (SSSR count). The standard InChI is InChI=1S/C22H28N4O.2ClH/c23-18-9-10-19-16(14-18)6-5-7-20(19)25-22(27)17-8-11-21(24-15-17)26-12-3-1-2-4-13-26;;/h8-11,14-15,20H,1-7,12-13,23H2,(H,25,27);2*1H. The number of nitrogen functional groups attached to an aromatic ring is 1. The van der Waals surface area contributed by atoms with E-state index in [1.807, 2.05) is 24.3 Å². The number of hydrogen-bond acceptors (Lipinski definition) is 4. The van der Waals surface area contributed by atoms with E-state index in [0.29, 0.717) is 5.56 Å². The molecule has 2 aromatic rings. The first-order chi connectivity index (χ1) is 13.2.